The van der Waals surface area contributed by atoms with Crippen LogP contribution in [0.3, 0.4) is 0 Å². The first-order valence-corrected chi connectivity index (χ1v) is 22.4. The Kier molecular flexibility index (Phi) is 21.3. The average molecular weight is 993 g/mol. The molecule has 0 spiro atoms. The molecule has 3 aliphatic rings. The molecule has 3 rings (SSSR count). The van der Waals surface area contributed by atoms with Crippen LogP contribution in [-0.4, -0.2) is 172 Å². The molecule has 0 saturated carbocycles. The summed E-state index contributed by atoms with van der Waals surface area (Å²) in [4.78, 5) is 113. The predicted octanol–water partition coefficient (Wildman–Crippen LogP) is 1.73. The average Bonchev–Trinajstić information content (AvgIpc) is 3.22. The number of hydrogen-bond acceptors (Lipinski definition) is 24. The molecule has 0 N–H and O–H groups in total. The fraction of sp³-hybridized carbons (Fsp3) is 0.800. The fourth-order valence-corrected chi connectivity index (χ4v) is 8.60. The van der Waals surface area contributed by atoms with E-state index < -0.39 is 176 Å². The van der Waals surface area contributed by atoms with Crippen molar-refractivity contribution >= 4 is 53.7 Å². The van der Waals surface area contributed by atoms with E-state index >= 15 is 0 Å². The fourth-order valence-electron chi connectivity index (χ4n) is 8.60. The minimum absolute atomic E-state index is 0.114. The summed E-state index contributed by atoms with van der Waals surface area (Å²) < 4.78 is 88.9. The van der Waals surface area contributed by atoms with Crippen molar-refractivity contribution in [1.29, 1.82) is 0 Å². The van der Waals surface area contributed by atoms with E-state index in [2.05, 4.69) is 0 Å². The van der Waals surface area contributed by atoms with Gasteiger partial charge in [-0.2, -0.15) is 0 Å². The van der Waals surface area contributed by atoms with Gasteiger partial charge in [0.2, 0.25) is 5.79 Å². The van der Waals surface area contributed by atoms with Crippen molar-refractivity contribution in [3.05, 3.63) is 0 Å². The SMILES string of the molecule is CCC(C)(OCC1OC(OC)C(OC(C)=O)C(OC(C)=O)C1OC(C)=O)C1OC(COC2(C(C)C)OC(COC(C)=O)C(OC(C)=O)C(OC(C)=O)C2OC(C)=O)C(OC(C)=O)C(C)C1OC(C)=O. The molecule has 0 aromatic rings. The highest BCUT2D eigenvalue weighted by Gasteiger charge is 2.63. The number of rotatable bonds is 20. The summed E-state index contributed by atoms with van der Waals surface area (Å²) in [6.07, 6.45) is -18.0. The van der Waals surface area contributed by atoms with Crippen LogP contribution in [0.25, 0.3) is 0 Å². The molecule has 0 aromatic heterocycles. The lowest BCUT2D eigenvalue weighted by Gasteiger charge is -2.54. The smallest absolute Gasteiger partial charge is 0.303 e. The lowest BCUT2D eigenvalue weighted by Crippen LogP contribution is -2.71. The van der Waals surface area contributed by atoms with E-state index in [0.29, 0.717) is 0 Å². The van der Waals surface area contributed by atoms with E-state index in [0.717, 1.165) is 55.4 Å². The Balaban J connectivity index is 2.19. The number of carbonyl (C=O) groups excluding carboxylic acids is 9. The van der Waals surface area contributed by atoms with E-state index in [1.807, 2.05) is 0 Å². The normalized spacial score (nSPS) is 33.0. The summed E-state index contributed by atoms with van der Waals surface area (Å²) >= 11 is 0. The Morgan fingerprint density at radius 1 is 0.522 bits per heavy atom. The zero-order valence-electron chi connectivity index (χ0n) is 41.8. The summed E-state index contributed by atoms with van der Waals surface area (Å²) in [5.74, 6) is -11.1. The van der Waals surface area contributed by atoms with Crippen LogP contribution in [-0.2, 0) is 114 Å². The van der Waals surface area contributed by atoms with Crippen LogP contribution in [0.15, 0.2) is 0 Å². The van der Waals surface area contributed by atoms with Gasteiger partial charge in [0.25, 0.3) is 0 Å². The van der Waals surface area contributed by atoms with E-state index in [1.165, 1.54) is 14.0 Å². The van der Waals surface area contributed by atoms with Gasteiger partial charge >= 0.3 is 53.7 Å². The van der Waals surface area contributed by atoms with E-state index in [1.54, 1.807) is 34.6 Å². The van der Waals surface area contributed by atoms with Gasteiger partial charge in [-0.15, -0.1) is 0 Å². The molecule has 0 amide bonds. The highest BCUT2D eigenvalue weighted by Crippen LogP contribution is 2.44. The molecule has 3 heterocycles. The van der Waals surface area contributed by atoms with Crippen molar-refractivity contribution in [1.82, 2.24) is 0 Å². The van der Waals surface area contributed by atoms with Crippen LogP contribution in [0.4, 0.5) is 0 Å². The van der Waals surface area contributed by atoms with Gasteiger partial charge in [-0.3, -0.25) is 43.2 Å². The molecular formula is C45H68O24. The van der Waals surface area contributed by atoms with Crippen molar-refractivity contribution in [2.75, 3.05) is 26.9 Å². The van der Waals surface area contributed by atoms with Gasteiger partial charge < -0.3 is 71.1 Å². The third-order valence-electron chi connectivity index (χ3n) is 11.6. The summed E-state index contributed by atoms with van der Waals surface area (Å²) in [6, 6.07) is 0. The van der Waals surface area contributed by atoms with Gasteiger partial charge in [0, 0.05) is 81.3 Å². The standard InChI is InChI=1S/C45H68O24/c1-16-44(14,57-18-32-36(61-25(8)49)38(63-27(10)51)40(65-29(12)53)43(55-15)68-32)41-35(60-24(7)48)21(4)34(59-23(6)47)31(67-41)19-58-45(20(2)3)42(66-30(13)54)39(64-28(11)52)37(62-26(9)50)33(69-45)17-56-22(5)46/h20-21,31-43H,16-19H2,1-15H3. The summed E-state index contributed by atoms with van der Waals surface area (Å²) in [6.45, 7) is 16.7. The molecule has 24 heteroatoms. The molecule has 3 saturated heterocycles. The maximum atomic E-state index is 12.8. The number of methoxy groups -OCH3 is 1. The van der Waals surface area contributed by atoms with Crippen LogP contribution in [0.1, 0.15) is 103 Å². The van der Waals surface area contributed by atoms with Crippen molar-refractivity contribution in [3.63, 3.8) is 0 Å². The molecule has 0 aliphatic carbocycles. The molecule has 69 heavy (non-hydrogen) atoms. The first-order chi connectivity index (χ1) is 32.1. The first kappa shape index (κ1) is 58.3. The molecule has 16 atom stereocenters. The zero-order chi connectivity index (χ0) is 52.3. The third kappa shape index (κ3) is 15.2. The van der Waals surface area contributed by atoms with E-state index in [4.69, 9.17) is 71.1 Å². The van der Waals surface area contributed by atoms with Crippen molar-refractivity contribution < 1.29 is 114 Å². The van der Waals surface area contributed by atoms with Gasteiger partial charge in [0.05, 0.1) is 18.8 Å². The Hall–Kier alpha value is -5.01. The topological polar surface area (TPSA) is 292 Å². The highest BCUT2D eigenvalue weighted by molar-refractivity contribution is 5.70. The molecule has 0 radical (unpaired) electrons. The zero-order valence-corrected chi connectivity index (χ0v) is 41.8. The number of ether oxygens (including phenoxy) is 15. The molecule has 0 aromatic carbocycles. The molecule has 24 nitrogen and oxygen atoms in total. The largest absolute Gasteiger partial charge is 0.463 e. The maximum absolute atomic E-state index is 12.8. The van der Waals surface area contributed by atoms with Crippen molar-refractivity contribution in [2.45, 2.75) is 194 Å². The van der Waals surface area contributed by atoms with Gasteiger partial charge in [-0.25, -0.2) is 0 Å². The number of esters is 9. The molecule has 3 aliphatic heterocycles. The van der Waals surface area contributed by atoms with Crippen LogP contribution in [0.5, 0.6) is 0 Å². The van der Waals surface area contributed by atoms with Crippen LogP contribution >= 0.6 is 0 Å². The summed E-state index contributed by atoms with van der Waals surface area (Å²) in [5, 5.41) is 0. The molecule has 3 fully saturated rings. The molecule has 16 unspecified atom stereocenters. The molecule has 0 bridgehead atoms. The molecular weight excluding hydrogens is 924 g/mol. The minimum Gasteiger partial charge on any atom is -0.463 e. The van der Waals surface area contributed by atoms with Gasteiger partial charge in [-0.05, 0) is 13.3 Å². The summed E-state index contributed by atoms with van der Waals surface area (Å²) in [5.41, 5.74) is -1.49. The third-order valence-corrected chi connectivity index (χ3v) is 11.6. The number of hydrogen-bond donors (Lipinski definition) is 0. The second-order valence-corrected chi connectivity index (χ2v) is 17.4. The number of carbonyl (C=O) groups is 9. The second kappa shape index (κ2) is 25.2. The van der Waals surface area contributed by atoms with E-state index in [-0.39, 0.29) is 6.42 Å². The minimum atomic E-state index is -2.13. The van der Waals surface area contributed by atoms with Gasteiger partial charge in [-0.1, -0.05) is 27.7 Å². The van der Waals surface area contributed by atoms with E-state index in [9.17, 15) is 43.2 Å². The van der Waals surface area contributed by atoms with Crippen LogP contribution in [0.2, 0.25) is 0 Å². The van der Waals surface area contributed by atoms with Gasteiger partial charge in [0.15, 0.2) is 42.9 Å². The maximum Gasteiger partial charge on any atom is 0.303 e. The quantitative estimate of drug-likeness (QED) is 0.124. The Labute approximate surface area is 400 Å². The van der Waals surface area contributed by atoms with Gasteiger partial charge in [0.1, 0.15) is 43.2 Å². The Morgan fingerprint density at radius 2 is 0.957 bits per heavy atom. The lowest BCUT2D eigenvalue weighted by atomic mass is 9.79. The van der Waals surface area contributed by atoms with Crippen molar-refractivity contribution in [2.24, 2.45) is 11.8 Å². The molecule has 392 valence electrons. The Morgan fingerprint density at radius 3 is 1.42 bits per heavy atom. The van der Waals surface area contributed by atoms with Crippen molar-refractivity contribution in [3.8, 4) is 0 Å². The highest BCUT2D eigenvalue weighted by atomic mass is 16.8. The lowest BCUT2D eigenvalue weighted by molar-refractivity contribution is -0.388. The van der Waals surface area contributed by atoms with Crippen LogP contribution < -0.4 is 0 Å². The second-order valence-electron chi connectivity index (χ2n) is 17.4. The first-order valence-electron chi connectivity index (χ1n) is 22.4. The summed E-state index contributed by atoms with van der Waals surface area (Å²) in [7, 11) is 1.25. The Bertz CT molecular complexity index is 1850. The van der Waals surface area contributed by atoms with Crippen LogP contribution in [0, 0.1) is 11.8 Å². The monoisotopic (exact) mass is 992 g/mol. The predicted molar refractivity (Wildman–Crippen MR) is 228 cm³/mol.